The highest BCUT2D eigenvalue weighted by Gasteiger charge is 2.33. The van der Waals surface area contributed by atoms with E-state index in [4.69, 9.17) is 4.74 Å². The molecule has 0 spiro atoms. The fourth-order valence-electron chi connectivity index (χ4n) is 1.97. The molecule has 1 aliphatic rings. The lowest BCUT2D eigenvalue weighted by Gasteiger charge is -2.27. The van der Waals surface area contributed by atoms with Crippen molar-refractivity contribution in [2.24, 2.45) is 0 Å². The van der Waals surface area contributed by atoms with Crippen molar-refractivity contribution in [2.45, 2.75) is 31.2 Å². The van der Waals surface area contributed by atoms with E-state index in [1.807, 2.05) is 0 Å². The van der Waals surface area contributed by atoms with Crippen molar-refractivity contribution in [3.05, 3.63) is 35.1 Å². The van der Waals surface area contributed by atoms with Crippen LogP contribution in [0.15, 0.2) is 18.2 Å². The first-order chi connectivity index (χ1) is 8.36. The van der Waals surface area contributed by atoms with E-state index in [1.54, 1.807) is 0 Å². The van der Waals surface area contributed by atoms with Gasteiger partial charge in [-0.15, -0.1) is 0 Å². The molecular weight excluding hydrogens is 252 g/mol. The Morgan fingerprint density at radius 2 is 1.94 bits per heavy atom. The molecule has 1 fully saturated rings. The van der Waals surface area contributed by atoms with E-state index in [9.17, 15) is 22.7 Å². The van der Waals surface area contributed by atoms with E-state index >= 15 is 0 Å². The van der Waals surface area contributed by atoms with Gasteiger partial charge in [0.15, 0.2) is 0 Å². The van der Waals surface area contributed by atoms with Crippen LogP contribution in [-0.4, -0.2) is 17.8 Å². The lowest BCUT2D eigenvalue weighted by atomic mass is 9.97. The Hall–Kier alpha value is -1.14. The average Bonchev–Trinajstić information content (AvgIpc) is 2.27. The smallest absolute Gasteiger partial charge is 0.393 e. The zero-order valence-electron chi connectivity index (χ0n) is 9.38. The van der Waals surface area contributed by atoms with Crippen molar-refractivity contribution >= 4 is 0 Å². The normalized spacial score (nSPS) is 25.2. The molecule has 1 N–H and O–H groups in total. The minimum absolute atomic E-state index is 0.112. The van der Waals surface area contributed by atoms with Gasteiger partial charge in [0.2, 0.25) is 0 Å². The van der Waals surface area contributed by atoms with Gasteiger partial charge < -0.3 is 9.84 Å². The summed E-state index contributed by atoms with van der Waals surface area (Å²) in [5.41, 5.74) is -0.928. The van der Waals surface area contributed by atoms with Gasteiger partial charge in [-0.2, -0.15) is 13.2 Å². The number of aliphatic hydroxyl groups is 1. The van der Waals surface area contributed by atoms with Gasteiger partial charge in [-0.3, -0.25) is 0 Å². The van der Waals surface area contributed by atoms with Crippen LogP contribution in [0.4, 0.5) is 17.6 Å². The molecule has 2 unspecified atom stereocenters. The molecule has 18 heavy (non-hydrogen) atoms. The first-order valence-corrected chi connectivity index (χ1v) is 5.53. The number of halogens is 4. The number of ether oxygens (including phenoxy) is 1. The summed E-state index contributed by atoms with van der Waals surface area (Å²) in [6, 6.07) is 2.33. The summed E-state index contributed by atoms with van der Waals surface area (Å²) >= 11 is 0. The first kappa shape index (κ1) is 13.3. The van der Waals surface area contributed by atoms with Gasteiger partial charge in [0, 0.05) is 13.0 Å². The molecule has 1 heterocycles. The molecule has 1 aromatic rings. The molecule has 0 amide bonds. The van der Waals surface area contributed by atoms with Gasteiger partial charge in [-0.25, -0.2) is 4.39 Å². The third-order valence-electron chi connectivity index (χ3n) is 2.88. The third kappa shape index (κ3) is 3.00. The number of hydrogen-bond donors (Lipinski definition) is 1. The summed E-state index contributed by atoms with van der Waals surface area (Å²) in [4.78, 5) is 0. The first-order valence-electron chi connectivity index (χ1n) is 5.53. The van der Waals surface area contributed by atoms with Crippen LogP contribution in [0.1, 0.15) is 30.1 Å². The highest BCUT2D eigenvalue weighted by atomic mass is 19.4. The lowest BCUT2D eigenvalue weighted by molar-refractivity contribution is -0.138. The van der Waals surface area contributed by atoms with E-state index in [0.29, 0.717) is 12.5 Å². The van der Waals surface area contributed by atoms with Crippen molar-refractivity contribution in [1.29, 1.82) is 0 Å². The van der Waals surface area contributed by atoms with Crippen LogP contribution in [0.2, 0.25) is 0 Å². The molecule has 6 heteroatoms. The summed E-state index contributed by atoms with van der Waals surface area (Å²) in [5, 5.41) is 9.44. The van der Waals surface area contributed by atoms with Crippen LogP contribution in [0.3, 0.4) is 0 Å². The maximum absolute atomic E-state index is 13.2. The van der Waals surface area contributed by atoms with Gasteiger partial charge in [-0.05, 0) is 30.2 Å². The van der Waals surface area contributed by atoms with Crippen LogP contribution in [-0.2, 0) is 10.9 Å². The van der Waals surface area contributed by atoms with E-state index in [1.165, 1.54) is 0 Å². The summed E-state index contributed by atoms with van der Waals surface area (Å²) in [6.07, 6.45) is -5.28. The molecule has 0 saturated carbocycles. The molecule has 1 saturated heterocycles. The largest absolute Gasteiger partial charge is 0.416 e. The molecule has 0 aromatic heterocycles. The van der Waals surface area contributed by atoms with Crippen LogP contribution in [0.25, 0.3) is 0 Å². The number of hydrogen-bond acceptors (Lipinski definition) is 2. The maximum Gasteiger partial charge on any atom is 0.416 e. The molecule has 1 aromatic carbocycles. The molecule has 0 bridgehead atoms. The molecule has 0 aliphatic carbocycles. The van der Waals surface area contributed by atoms with Gasteiger partial charge in [0.05, 0.1) is 17.8 Å². The molecule has 2 atom stereocenters. The Kier molecular flexibility index (Phi) is 3.59. The van der Waals surface area contributed by atoms with Gasteiger partial charge in [0.25, 0.3) is 0 Å². The Morgan fingerprint density at radius 1 is 1.22 bits per heavy atom. The molecule has 100 valence electrons. The molecular formula is C12H12F4O2. The lowest BCUT2D eigenvalue weighted by Crippen LogP contribution is -2.23. The zero-order chi connectivity index (χ0) is 13.3. The maximum atomic E-state index is 13.2. The fraction of sp³-hybridized carbons (Fsp3) is 0.500. The van der Waals surface area contributed by atoms with Crippen LogP contribution in [0, 0.1) is 5.82 Å². The SMILES string of the molecule is OC1CCOC(c2cc(F)cc(C(F)(F)F)c2)C1. The van der Waals surface area contributed by atoms with E-state index < -0.39 is 29.8 Å². The Morgan fingerprint density at radius 3 is 2.56 bits per heavy atom. The minimum Gasteiger partial charge on any atom is -0.393 e. The van der Waals surface area contributed by atoms with Gasteiger partial charge in [-0.1, -0.05) is 0 Å². The summed E-state index contributed by atoms with van der Waals surface area (Å²) in [5.74, 6) is -0.955. The number of aliphatic hydroxyl groups excluding tert-OH is 1. The fourth-order valence-corrected chi connectivity index (χ4v) is 1.97. The summed E-state index contributed by atoms with van der Waals surface area (Å²) in [7, 11) is 0. The number of rotatable bonds is 1. The molecule has 2 rings (SSSR count). The monoisotopic (exact) mass is 264 g/mol. The Labute approximate surface area is 101 Å². The van der Waals surface area contributed by atoms with E-state index in [0.717, 1.165) is 12.1 Å². The standard InChI is InChI=1S/C12H12F4O2/c13-9-4-7(3-8(5-9)12(14,15)16)11-6-10(17)1-2-18-11/h3-5,10-11,17H,1-2,6H2. The van der Waals surface area contributed by atoms with Gasteiger partial charge in [0.1, 0.15) is 5.82 Å². The van der Waals surface area contributed by atoms with E-state index in [-0.39, 0.29) is 18.6 Å². The van der Waals surface area contributed by atoms with Crippen molar-refractivity contribution in [1.82, 2.24) is 0 Å². The minimum atomic E-state index is -4.59. The second kappa shape index (κ2) is 4.85. The van der Waals surface area contributed by atoms with Crippen molar-refractivity contribution in [3.63, 3.8) is 0 Å². The average molecular weight is 264 g/mol. The second-order valence-corrected chi connectivity index (χ2v) is 4.31. The van der Waals surface area contributed by atoms with Crippen molar-refractivity contribution in [2.75, 3.05) is 6.61 Å². The highest BCUT2D eigenvalue weighted by Crippen LogP contribution is 2.34. The molecule has 1 aliphatic heterocycles. The van der Waals surface area contributed by atoms with Crippen molar-refractivity contribution < 1.29 is 27.4 Å². The number of alkyl halides is 3. The van der Waals surface area contributed by atoms with E-state index in [2.05, 4.69) is 0 Å². The van der Waals surface area contributed by atoms with Crippen LogP contribution < -0.4 is 0 Å². The Bertz CT molecular complexity index is 431. The predicted molar refractivity (Wildman–Crippen MR) is 55.3 cm³/mol. The van der Waals surface area contributed by atoms with Gasteiger partial charge >= 0.3 is 6.18 Å². The summed E-state index contributed by atoms with van der Waals surface area (Å²) < 4.78 is 56.1. The highest BCUT2D eigenvalue weighted by molar-refractivity contribution is 5.28. The quantitative estimate of drug-likeness (QED) is 0.790. The van der Waals surface area contributed by atoms with Crippen molar-refractivity contribution in [3.8, 4) is 0 Å². The predicted octanol–water partition coefficient (Wildman–Crippen LogP) is 3.06. The second-order valence-electron chi connectivity index (χ2n) is 4.31. The topological polar surface area (TPSA) is 29.5 Å². The van der Waals surface area contributed by atoms with Crippen LogP contribution in [0.5, 0.6) is 0 Å². The molecule has 0 radical (unpaired) electrons. The third-order valence-corrected chi connectivity index (χ3v) is 2.88. The number of benzene rings is 1. The zero-order valence-corrected chi connectivity index (χ0v) is 9.38. The Balaban J connectivity index is 2.30. The molecule has 2 nitrogen and oxygen atoms in total. The summed E-state index contributed by atoms with van der Waals surface area (Å²) in [6.45, 7) is 0.254. The van der Waals surface area contributed by atoms with Crippen LogP contribution >= 0.6 is 0 Å².